The van der Waals surface area contributed by atoms with Gasteiger partial charge in [0.25, 0.3) is 9.05 Å². The van der Waals surface area contributed by atoms with Crippen molar-refractivity contribution in [3.8, 4) is 0 Å². The SMILES string of the molecule is CCC(=O)N1CCSc2ccc(S(=O)(=O)Cl)cc21. The smallest absolute Gasteiger partial charge is 0.261 e. The highest BCUT2D eigenvalue weighted by Crippen LogP contribution is 2.37. The van der Waals surface area contributed by atoms with Gasteiger partial charge in [-0.1, -0.05) is 6.92 Å². The minimum absolute atomic E-state index is 0.0133. The highest BCUT2D eigenvalue weighted by atomic mass is 35.7. The van der Waals surface area contributed by atoms with Gasteiger partial charge < -0.3 is 4.90 Å². The van der Waals surface area contributed by atoms with Crippen molar-refractivity contribution in [1.82, 2.24) is 0 Å². The maximum absolute atomic E-state index is 11.8. The van der Waals surface area contributed by atoms with E-state index in [9.17, 15) is 13.2 Å². The van der Waals surface area contributed by atoms with Crippen LogP contribution in [0, 0.1) is 0 Å². The summed E-state index contributed by atoms with van der Waals surface area (Å²) in [5.74, 6) is 0.798. The Morgan fingerprint density at radius 1 is 1.50 bits per heavy atom. The van der Waals surface area contributed by atoms with Gasteiger partial charge in [0.1, 0.15) is 0 Å². The van der Waals surface area contributed by atoms with Crippen molar-refractivity contribution in [2.75, 3.05) is 17.2 Å². The lowest BCUT2D eigenvalue weighted by Gasteiger charge is -2.29. The Morgan fingerprint density at radius 3 is 2.83 bits per heavy atom. The van der Waals surface area contributed by atoms with Crippen LogP contribution in [0.15, 0.2) is 28.0 Å². The van der Waals surface area contributed by atoms with Gasteiger partial charge in [0.05, 0.1) is 10.6 Å². The predicted molar refractivity (Wildman–Crippen MR) is 72.8 cm³/mol. The molecule has 2 rings (SSSR count). The van der Waals surface area contributed by atoms with E-state index in [1.165, 1.54) is 12.1 Å². The van der Waals surface area contributed by atoms with Crippen molar-refractivity contribution in [2.24, 2.45) is 0 Å². The normalized spacial score (nSPS) is 15.3. The monoisotopic (exact) mass is 305 g/mol. The van der Waals surface area contributed by atoms with Crippen LogP contribution in [0.1, 0.15) is 13.3 Å². The van der Waals surface area contributed by atoms with E-state index in [1.807, 2.05) is 0 Å². The van der Waals surface area contributed by atoms with Crippen molar-refractivity contribution in [2.45, 2.75) is 23.1 Å². The van der Waals surface area contributed by atoms with E-state index < -0.39 is 9.05 Å². The van der Waals surface area contributed by atoms with Crippen LogP contribution >= 0.6 is 22.4 Å². The van der Waals surface area contributed by atoms with E-state index in [-0.39, 0.29) is 10.8 Å². The molecule has 1 aromatic rings. The zero-order chi connectivity index (χ0) is 13.3. The van der Waals surface area contributed by atoms with Crippen LogP contribution in [-0.2, 0) is 13.8 Å². The van der Waals surface area contributed by atoms with Crippen molar-refractivity contribution in [3.63, 3.8) is 0 Å². The van der Waals surface area contributed by atoms with Gasteiger partial charge in [-0.15, -0.1) is 11.8 Å². The van der Waals surface area contributed by atoms with Gasteiger partial charge >= 0.3 is 0 Å². The largest absolute Gasteiger partial charge is 0.310 e. The number of thioether (sulfide) groups is 1. The molecular formula is C11H12ClNO3S2. The molecule has 0 saturated carbocycles. The Bertz CT molecular complexity index is 586. The number of carbonyl (C=O) groups is 1. The van der Waals surface area contributed by atoms with Crippen LogP contribution in [0.3, 0.4) is 0 Å². The predicted octanol–water partition coefficient (Wildman–Crippen LogP) is 2.46. The summed E-state index contributed by atoms with van der Waals surface area (Å²) in [6.07, 6.45) is 0.391. The molecule has 0 spiro atoms. The molecule has 0 fully saturated rings. The molecule has 0 atom stereocenters. The molecule has 1 amide bonds. The van der Waals surface area contributed by atoms with Crippen molar-refractivity contribution < 1.29 is 13.2 Å². The average molecular weight is 306 g/mol. The van der Waals surface area contributed by atoms with Crippen LogP contribution in [0.4, 0.5) is 5.69 Å². The lowest BCUT2D eigenvalue weighted by molar-refractivity contribution is -0.118. The highest BCUT2D eigenvalue weighted by Gasteiger charge is 2.24. The summed E-state index contributed by atoms with van der Waals surface area (Å²) in [7, 11) is 1.56. The minimum atomic E-state index is -3.77. The van der Waals surface area contributed by atoms with E-state index in [2.05, 4.69) is 0 Å². The lowest BCUT2D eigenvalue weighted by atomic mass is 10.2. The summed E-state index contributed by atoms with van der Waals surface area (Å²) in [4.78, 5) is 14.4. The first-order valence-electron chi connectivity index (χ1n) is 5.45. The third kappa shape index (κ3) is 2.65. The van der Waals surface area contributed by atoms with Crippen LogP contribution in [0.2, 0.25) is 0 Å². The fraction of sp³-hybridized carbons (Fsp3) is 0.364. The third-order valence-electron chi connectivity index (χ3n) is 2.68. The molecule has 1 heterocycles. The number of benzene rings is 1. The highest BCUT2D eigenvalue weighted by molar-refractivity contribution is 8.13. The van der Waals surface area contributed by atoms with Crippen LogP contribution in [0.25, 0.3) is 0 Å². The zero-order valence-corrected chi connectivity index (χ0v) is 12.1. The number of rotatable bonds is 2. The van der Waals surface area contributed by atoms with Gasteiger partial charge in [-0.25, -0.2) is 8.42 Å². The second-order valence-electron chi connectivity index (χ2n) is 3.81. The lowest BCUT2D eigenvalue weighted by Crippen LogP contribution is -2.34. The van der Waals surface area contributed by atoms with Crippen LogP contribution < -0.4 is 4.90 Å². The Balaban J connectivity index is 2.51. The molecule has 1 aliphatic heterocycles. The molecule has 7 heteroatoms. The first-order chi connectivity index (χ1) is 8.43. The molecule has 98 valence electrons. The van der Waals surface area contributed by atoms with Crippen molar-refractivity contribution in [3.05, 3.63) is 18.2 Å². The Labute approximate surface area is 115 Å². The van der Waals surface area contributed by atoms with E-state index in [1.54, 1.807) is 29.7 Å². The Hall–Kier alpha value is -0.720. The molecule has 0 unspecified atom stereocenters. The average Bonchev–Trinajstić information content (AvgIpc) is 2.35. The van der Waals surface area contributed by atoms with Gasteiger partial charge in [0.2, 0.25) is 5.91 Å². The third-order valence-corrected chi connectivity index (χ3v) is 5.07. The molecule has 4 nitrogen and oxygen atoms in total. The van der Waals surface area contributed by atoms with E-state index >= 15 is 0 Å². The molecule has 18 heavy (non-hydrogen) atoms. The van der Waals surface area contributed by atoms with E-state index in [4.69, 9.17) is 10.7 Å². The van der Waals surface area contributed by atoms with E-state index in [0.29, 0.717) is 18.7 Å². The molecule has 1 aliphatic rings. The molecule has 0 aliphatic carbocycles. The molecular weight excluding hydrogens is 294 g/mol. The maximum Gasteiger partial charge on any atom is 0.261 e. The summed E-state index contributed by atoms with van der Waals surface area (Å²) in [5.41, 5.74) is 0.639. The standard InChI is InChI=1S/C11H12ClNO3S2/c1-2-11(14)13-5-6-17-10-4-3-8(7-9(10)13)18(12,15)16/h3-4,7H,2,5-6H2,1H3. The zero-order valence-electron chi connectivity index (χ0n) is 9.72. The molecule has 0 saturated heterocycles. The Morgan fingerprint density at radius 2 is 2.22 bits per heavy atom. The van der Waals surface area contributed by atoms with Gasteiger partial charge in [0, 0.05) is 34.3 Å². The number of hydrogen-bond acceptors (Lipinski definition) is 4. The maximum atomic E-state index is 11.8. The molecule has 0 N–H and O–H groups in total. The van der Waals surface area contributed by atoms with Gasteiger partial charge in [0.15, 0.2) is 0 Å². The number of fused-ring (bicyclic) bond motifs is 1. The van der Waals surface area contributed by atoms with E-state index in [0.717, 1.165) is 10.6 Å². The number of carbonyl (C=O) groups excluding carboxylic acids is 1. The van der Waals surface area contributed by atoms with Gasteiger partial charge in [-0.05, 0) is 18.2 Å². The number of nitrogens with zero attached hydrogens (tertiary/aromatic N) is 1. The second-order valence-corrected chi connectivity index (χ2v) is 7.52. The summed E-state index contributed by atoms with van der Waals surface area (Å²) < 4.78 is 22.6. The number of hydrogen-bond donors (Lipinski definition) is 0. The fourth-order valence-corrected chi connectivity index (χ4v) is 3.55. The number of anilines is 1. The number of amides is 1. The van der Waals surface area contributed by atoms with Crippen LogP contribution in [0.5, 0.6) is 0 Å². The quantitative estimate of drug-likeness (QED) is 0.788. The van der Waals surface area contributed by atoms with Gasteiger partial charge in [-0.2, -0.15) is 0 Å². The van der Waals surface area contributed by atoms with Crippen molar-refractivity contribution >= 4 is 43.1 Å². The first-order valence-corrected chi connectivity index (χ1v) is 8.75. The molecule has 0 radical (unpaired) electrons. The van der Waals surface area contributed by atoms with Crippen molar-refractivity contribution in [1.29, 1.82) is 0 Å². The fourth-order valence-electron chi connectivity index (χ4n) is 1.80. The Kier molecular flexibility index (Phi) is 3.89. The van der Waals surface area contributed by atoms with Crippen LogP contribution in [-0.4, -0.2) is 26.6 Å². The first kappa shape index (κ1) is 13.7. The van der Waals surface area contributed by atoms with Gasteiger partial charge in [-0.3, -0.25) is 4.79 Å². The topological polar surface area (TPSA) is 54.5 Å². The molecule has 0 aromatic heterocycles. The molecule has 0 bridgehead atoms. The second kappa shape index (κ2) is 5.11. The molecule has 1 aromatic carbocycles. The summed E-state index contributed by atoms with van der Waals surface area (Å²) >= 11 is 1.61. The summed E-state index contributed by atoms with van der Waals surface area (Å²) in [6.45, 7) is 2.38. The number of halogens is 1. The summed E-state index contributed by atoms with van der Waals surface area (Å²) in [5, 5.41) is 0. The minimum Gasteiger partial charge on any atom is -0.310 e. The summed E-state index contributed by atoms with van der Waals surface area (Å²) in [6, 6.07) is 4.63.